The van der Waals surface area contributed by atoms with E-state index in [1.165, 1.54) is 0 Å². The van der Waals surface area contributed by atoms with Crippen LogP contribution in [0.5, 0.6) is 0 Å². The third kappa shape index (κ3) is 20500. The molecule has 116 valence electrons. The van der Waals surface area contributed by atoms with Gasteiger partial charge in [-0.3, -0.25) is 0 Å². The molecule has 0 bridgehead atoms. The summed E-state index contributed by atoms with van der Waals surface area (Å²) in [7, 11) is 0. The van der Waals surface area contributed by atoms with Gasteiger partial charge >= 0.3 is 113 Å². The standard InChI is InChI=1S/10CO.Hg.2Mn/c10*1-2;;;. The van der Waals surface area contributed by atoms with Crippen molar-refractivity contribution in [1.82, 2.24) is 0 Å². The van der Waals surface area contributed by atoms with Crippen molar-refractivity contribution >= 4 is 0 Å². The van der Waals surface area contributed by atoms with Crippen molar-refractivity contribution in [3.8, 4) is 0 Å². The molecule has 10 nitrogen and oxygen atoms in total. The summed E-state index contributed by atoms with van der Waals surface area (Å²) in [6, 6.07) is 0. The average Bonchev–Trinajstić information content (AvgIpc) is 2.71. The van der Waals surface area contributed by atoms with E-state index in [-0.39, 0.29) is 61.8 Å². The summed E-state index contributed by atoms with van der Waals surface area (Å²) in [4.78, 5) is 0. The normalized spacial score (nSPS) is 0.870. The van der Waals surface area contributed by atoms with Gasteiger partial charge in [0.15, 0.2) is 0 Å². The van der Waals surface area contributed by atoms with Gasteiger partial charge in [0, 0.05) is 61.8 Å². The molecule has 0 saturated heterocycles. The van der Waals surface area contributed by atoms with Crippen molar-refractivity contribution in [1.29, 1.82) is 0 Å². The Morgan fingerprint density at radius 3 is 0.217 bits per heavy atom. The number of rotatable bonds is 0. The summed E-state index contributed by atoms with van der Waals surface area (Å²) in [5, 5.41) is 0. The molecule has 0 spiro atoms. The molecular formula is C10HgMn2O10. The summed E-state index contributed by atoms with van der Waals surface area (Å²) in [5.41, 5.74) is 0. The van der Waals surface area contributed by atoms with Gasteiger partial charge < -0.3 is 0 Å². The van der Waals surface area contributed by atoms with Crippen LogP contribution in [0.25, 0.3) is 0 Å². The third-order valence-corrected chi connectivity index (χ3v) is 0. The summed E-state index contributed by atoms with van der Waals surface area (Å²) >= 11 is 0. The topological polar surface area (TPSA) is 199 Å². The van der Waals surface area contributed by atoms with Gasteiger partial charge in [-0.1, -0.05) is 0 Å². The fourth-order valence-electron chi connectivity index (χ4n) is 0. The van der Waals surface area contributed by atoms with Crippen molar-refractivity contribution in [3.63, 3.8) is 0 Å². The Morgan fingerprint density at radius 1 is 0.217 bits per heavy atom. The van der Waals surface area contributed by atoms with Gasteiger partial charge in [0.25, 0.3) is 0 Å². The largest absolute Gasteiger partial charge is 0 e. The van der Waals surface area contributed by atoms with Crippen molar-refractivity contribution < 1.29 is 108 Å². The molecule has 0 unspecified atom stereocenters. The van der Waals surface area contributed by atoms with Gasteiger partial charge in [-0.15, -0.1) is 0 Å². The predicted octanol–water partition coefficient (Wildman–Crippen LogP) is -0.383. The first-order valence-electron chi connectivity index (χ1n) is 2.04. The molecule has 0 heterocycles. The van der Waals surface area contributed by atoms with E-state index in [2.05, 4.69) is 66.5 Å². The molecule has 0 aromatic heterocycles. The molecular weight excluding hydrogens is 591 g/mol. The Hall–Kier alpha value is -0.626. The summed E-state index contributed by atoms with van der Waals surface area (Å²) in [6.07, 6.45) is 0. The van der Waals surface area contributed by atoms with Crippen LogP contribution in [0.1, 0.15) is 0 Å². The van der Waals surface area contributed by atoms with E-state index >= 15 is 0 Å². The van der Waals surface area contributed by atoms with Gasteiger partial charge in [0.2, 0.25) is 0 Å². The second-order valence-electron chi connectivity index (χ2n) is 0. The molecule has 0 rings (SSSR count). The van der Waals surface area contributed by atoms with Crippen LogP contribution in [0.3, 0.4) is 0 Å². The number of hydrogen-bond donors (Lipinski definition) is 0. The van der Waals surface area contributed by atoms with Crippen LogP contribution in [0.15, 0.2) is 0 Å². The van der Waals surface area contributed by atoms with E-state index in [1.807, 2.05) is 0 Å². The molecule has 23 heavy (non-hydrogen) atoms. The SMILES string of the molecule is [C-]#[O+].[C-]#[O+].[C-]#[O+].[C-]#[O+].[C-]#[O+].[C-]#[O+].[C-]#[O+].[C-]#[O+].[C-]#[O+].[C-]#[O+].[Hg].[Mn].[Mn]. The quantitative estimate of drug-likeness (QED) is 0.201. The van der Waals surface area contributed by atoms with Gasteiger partial charge in [-0.05, 0) is 0 Å². The van der Waals surface area contributed by atoms with E-state index in [0.29, 0.717) is 0 Å². The molecule has 0 saturated carbocycles. The zero-order chi connectivity index (χ0) is 20.0. The Labute approximate surface area is 174 Å². The average molecular weight is 591 g/mol. The molecule has 13 heteroatoms. The van der Waals surface area contributed by atoms with E-state index in [9.17, 15) is 0 Å². The van der Waals surface area contributed by atoms with Crippen LogP contribution in [-0.4, -0.2) is 0 Å². The molecule has 0 N–H and O–H groups in total. The van der Waals surface area contributed by atoms with Crippen LogP contribution in [0.2, 0.25) is 0 Å². The first-order valence-corrected chi connectivity index (χ1v) is 2.04. The van der Waals surface area contributed by atoms with Crippen LogP contribution in [0.4, 0.5) is 0 Å². The van der Waals surface area contributed by atoms with E-state index in [4.69, 9.17) is 46.5 Å². The molecule has 0 amide bonds. The number of hydrogen-bond acceptors (Lipinski definition) is 0. The second kappa shape index (κ2) is 22600. The Bertz CT molecular complexity index is 183. The maximum atomic E-state index is 7.50. The van der Waals surface area contributed by atoms with Gasteiger partial charge in [0.1, 0.15) is 0 Å². The molecule has 2 radical (unpaired) electrons. The van der Waals surface area contributed by atoms with Crippen LogP contribution < -0.4 is 0 Å². The van der Waals surface area contributed by atoms with E-state index in [0.717, 1.165) is 0 Å². The van der Waals surface area contributed by atoms with Crippen molar-refractivity contribution in [2.45, 2.75) is 0 Å². The van der Waals surface area contributed by atoms with E-state index in [1.54, 1.807) is 0 Å². The second-order valence-corrected chi connectivity index (χ2v) is 0. The minimum atomic E-state index is 0. The maximum Gasteiger partial charge on any atom is 0 e. The molecule has 0 aliphatic heterocycles. The summed E-state index contributed by atoms with van der Waals surface area (Å²) in [6.45, 7) is 45.0. The Kier molecular flexibility index (Phi) is 115000. The summed E-state index contributed by atoms with van der Waals surface area (Å²) in [5.74, 6) is 0. The first kappa shape index (κ1) is 116. The Morgan fingerprint density at radius 2 is 0.217 bits per heavy atom. The molecule has 0 aromatic rings. The third-order valence-electron chi connectivity index (χ3n) is 0. The van der Waals surface area contributed by atoms with Crippen LogP contribution in [-0.2, 0) is 108 Å². The summed E-state index contributed by atoms with van der Waals surface area (Å²) < 4.78 is 75.0. The minimum absolute atomic E-state index is 0. The molecule has 0 aliphatic rings. The molecule has 0 fully saturated rings. The molecule has 0 aromatic carbocycles. The van der Waals surface area contributed by atoms with Gasteiger partial charge in [-0.25, -0.2) is 0 Å². The minimum Gasteiger partial charge on any atom is 0 e. The van der Waals surface area contributed by atoms with Crippen molar-refractivity contribution in [3.05, 3.63) is 66.5 Å². The van der Waals surface area contributed by atoms with Crippen LogP contribution >= 0.6 is 0 Å². The molecule has 0 atom stereocenters. The predicted molar refractivity (Wildman–Crippen MR) is 39.3 cm³/mol. The zero-order valence-electron chi connectivity index (χ0n) is 10.5. The van der Waals surface area contributed by atoms with Gasteiger partial charge in [0.05, 0.1) is 0 Å². The molecule has 0 aliphatic carbocycles. The first-order chi connectivity index (χ1) is 10.0. The Balaban J connectivity index is -0.00000000433. The fourth-order valence-corrected chi connectivity index (χ4v) is 0. The zero-order valence-corrected chi connectivity index (χ0v) is 18.4. The monoisotopic (exact) mass is 592 g/mol. The van der Waals surface area contributed by atoms with Crippen molar-refractivity contribution in [2.75, 3.05) is 0 Å². The van der Waals surface area contributed by atoms with Gasteiger partial charge in [-0.2, -0.15) is 0 Å². The maximum absolute atomic E-state index is 7.50. The fraction of sp³-hybridized carbons (Fsp3) is 0. The van der Waals surface area contributed by atoms with Crippen molar-refractivity contribution in [2.24, 2.45) is 0 Å². The van der Waals surface area contributed by atoms with Crippen LogP contribution in [0, 0.1) is 66.5 Å². The van der Waals surface area contributed by atoms with E-state index < -0.39 is 0 Å². The smallest absolute Gasteiger partial charge is 0 e.